The molecule has 8 heavy (non-hydrogen) atoms. The third kappa shape index (κ3) is 2.23. The third-order valence-corrected chi connectivity index (χ3v) is 3.18. The van der Waals surface area contributed by atoms with Crippen molar-refractivity contribution >= 4 is 14.4 Å². The first-order chi connectivity index (χ1) is 3.72. The zero-order valence-electron chi connectivity index (χ0n) is 5.60. The summed E-state index contributed by atoms with van der Waals surface area (Å²) < 4.78 is 4.89. The van der Waals surface area contributed by atoms with Crippen LogP contribution in [-0.4, -0.2) is 21.6 Å². The molecule has 0 rings (SSSR count). The van der Waals surface area contributed by atoms with Crippen molar-refractivity contribution in [1.29, 1.82) is 0 Å². The van der Waals surface area contributed by atoms with Crippen molar-refractivity contribution in [2.45, 2.75) is 19.9 Å². The molecule has 0 heterocycles. The van der Waals surface area contributed by atoms with Crippen molar-refractivity contribution in [1.82, 2.24) is 0 Å². The molecular weight excluding hydrogens is 120 g/mol. The van der Waals surface area contributed by atoms with Crippen LogP contribution in [0.3, 0.4) is 0 Å². The standard InChI is InChI=1S/C5H12O2Si/c1-4-5(6)8(3)7-2/h8H,4H2,1-3H3. The quantitative estimate of drug-likeness (QED) is 0.523. The normalized spacial score (nSPS) is 13.4. The van der Waals surface area contributed by atoms with Crippen LogP contribution in [0, 0.1) is 0 Å². The van der Waals surface area contributed by atoms with Gasteiger partial charge in [-0.15, -0.1) is 0 Å². The lowest BCUT2D eigenvalue weighted by Crippen LogP contribution is -2.23. The number of carbonyl (C=O) groups excluding carboxylic acids is 1. The molecule has 0 aromatic carbocycles. The van der Waals surface area contributed by atoms with Gasteiger partial charge in [0, 0.05) is 13.5 Å². The SMILES string of the molecule is CCC(=O)[SiH](C)OC. The van der Waals surface area contributed by atoms with Crippen LogP contribution in [0.2, 0.25) is 6.55 Å². The van der Waals surface area contributed by atoms with E-state index in [1.807, 2.05) is 13.5 Å². The Hall–Kier alpha value is -0.153. The fraction of sp³-hybridized carbons (Fsp3) is 0.800. The molecule has 0 fully saturated rings. The highest BCUT2D eigenvalue weighted by atomic mass is 28.3. The first-order valence-electron chi connectivity index (χ1n) is 2.77. The van der Waals surface area contributed by atoms with Crippen LogP contribution < -0.4 is 0 Å². The highest BCUT2D eigenvalue weighted by Gasteiger charge is 2.10. The van der Waals surface area contributed by atoms with Gasteiger partial charge >= 0.3 is 0 Å². The highest BCUT2D eigenvalue weighted by Crippen LogP contribution is 1.88. The summed E-state index contributed by atoms with van der Waals surface area (Å²) in [5, 5.41) is 0.299. The van der Waals surface area contributed by atoms with Crippen LogP contribution in [0.25, 0.3) is 0 Å². The molecule has 0 spiro atoms. The van der Waals surface area contributed by atoms with Crippen molar-refractivity contribution in [3.63, 3.8) is 0 Å². The minimum Gasteiger partial charge on any atom is -0.415 e. The van der Waals surface area contributed by atoms with E-state index in [-0.39, 0.29) is 0 Å². The monoisotopic (exact) mass is 132 g/mol. The maximum atomic E-state index is 10.7. The van der Waals surface area contributed by atoms with Gasteiger partial charge in [-0.1, -0.05) is 6.92 Å². The Morgan fingerprint density at radius 1 is 1.75 bits per heavy atom. The largest absolute Gasteiger partial charge is 0.415 e. The molecule has 3 heteroatoms. The van der Waals surface area contributed by atoms with Crippen LogP contribution in [-0.2, 0) is 9.22 Å². The first-order valence-corrected chi connectivity index (χ1v) is 4.98. The highest BCUT2D eigenvalue weighted by molar-refractivity contribution is 6.84. The molecule has 1 unspecified atom stereocenters. The zero-order chi connectivity index (χ0) is 6.57. The summed E-state index contributed by atoms with van der Waals surface area (Å²) >= 11 is 0. The Kier molecular flexibility index (Phi) is 3.73. The molecule has 0 bridgehead atoms. The van der Waals surface area contributed by atoms with Crippen LogP contribution in [0.4, 0.5) is 0 Å². The van der Waals surface area contributed by atoms with E-state index >= 15 is 0 Å². The van der Waals surface area contributed by atoms with Gasteiger partial charge in [-0.3, -0.25) is 0 Å². The molecule has 0 aromatic rings. The summed E-state index contributed by atoms with van der Waals surface area (Å²) in [5.74, 6) is 0. The molecule has 0 radical (unpaired) electrons. The van der Waals surface area contributed by atoms with Gasteiger partial charge in [0.15, 0.2) is 0 Å². The second-order valence-electron chi connectivity index (χ2n) is 1.70. The van der Waals surface area contributed by atoms with Gasteiger partial charge in [-0.25, -0.2) is 0 Å². The molecule has 1 atom stereocenters. The average Bonchev–Trinajstić information content (AvgIpc) is 1.84. The fourth-order valence-electron chi connectivity index (χ4n) is 0.419. The fourth-order valence-corrected chi connectivity index (χ4v) is 1.26. The van der Waals surface area contributed by atoms with Gasteiger partial charge < -0.3 is 9.22 Å². The molecular formula is C5H12O2Si. The van der Waals surface area contributed by atoms with E-state index in [0.29, 0.717) is 11.8 Å². The summed E-state index contributed by atoms with van der Waals surface area (Å²) in [4.78, 5) is 10.7. The minimum absolute atomic E-state index is 0.299. The van der Waals surface area contributed by atoms with Crippen LogP contribution in [0.5, 0.6) is 0 Å². The maximum absolute atomic E-state index is 10.7. The topological polar surface area (TPSA) is 26.3 Å². The van der Waals surface area contributed by atoms with Crippen LogP contribution in [0.1, 0.15) is 13.3 Å². The van der Waals surface area contributed by atoms with E-state index < -0.39 is 9.04 Å². The number of hydrogen-bond donors (Lipinski definition) is 0. The van der Waals surface area contributed by atoms with E-state index in [4.69, 9.17) is 4.43 Å². The lowest BCUT2D eigenvalue weighted by Gasteiger charge is -2.01. The lowest BCUT2D eigenvalue weighted by molar-refractivity contribution is -0.112. The summed E-state index contributed by atoms with van der Waals surface area (Å²) in [7, 11) is 0.187. The van der Waals surface area contributed by atoms with E-state index in [9.17, 15) is 4.79 Å². The second-order valence-corrected chi connectivity index (χ2v) is 4.10. The Balaban J connectivity index is 3.46. The maximum Gasteiger partial charge on any atom is 0.245 e. The molecule has 0 aliphatic rings. The van der Waals surface area contributed by atoms with Gasteiger partial charge in [-0.05, 0) is 6.55 Å². The van der Waals surface area contributed by atoms with Gasteiger partial charge in [0.25, 0.3) is 0 Å². The number of hydrogen-bond acceptors (Lipinski definition) is 2. The summed E-state index contributed by atoms with van der Waals surface area (Å²) in [6, 6.07) is 0. The molecule has 0 amide bonds. The van der Waals surface area contributed by atoms with Crippen molar-refractivity contribution in [2.75, 3.05) is 7.11 Å². The molecule has 48 valence electrons. The van der Waals surface area contributed by atoms with E-state index in [2.05, 4.69) is 0 Å². The third-order valence-electron chi connectivity index (χ3n) is 1.16. The van der Waals surface area contributed by atoms with E-state index in [1.165, 1.54) is 0 Å². The Morgan fingerprint density at radius 2 is 2.25 bits per heavy atom. The Labute approximate surface area is 51.6 Å². The van der Waals surface area contributed by atoms with Gasteiger partial charge in [0.05, 0.1) is 0 Å². The summed E-state index contributed by atoms with van der Waals surface area (Å²) in [5.41, 5.74) is 0. The van der Waals surface area contributed by atoms with Crippen LogP contribution >= 0.6 is 0 Å². The van der Waals surface area contributed by atoms with Crippen molar-refractivity contribution in [2.24, 2.45) is 0 Å². The first kappa shape index (κ1) is 7.85. The molecule has 0 aliphatic carbocycles. The summed E-state index contributed by atoms with van der Waals surface area (Å²) in [6.07, 6.45) is 0.626. The molecule has 0 saturated heterocycles. The molecule has 0 N–H and O–H groups in total. The van der Waals surface area contributed by atoms with Crippen molar-refractivity contribution in [3.8, 4) is 0 Å². The smallest absolute Gasteiger partial charge is 0.245 e. The Bertz CT molecular complexity index is 82.5. The molecule has 2 nitrogen and oxygen atoms in total. The number of carbonyl (C=O) groups is 1. The van der Waals surface area contributed by atoms with Gasteiger partial charge in [0.2, 0.25) is 9.04 Å². The number of rotatable bonds is 3. The van der Waals surface area contributed by atoms with E-state index in [1.54, 1.807) is 7.11 Å². The molecule has 0 saturated carbocycles. The van der Waals surface area contributed by atoms with Gasteiger partial charge in [-0.2, -0.15) is 0 Å². The average molecular weight is 132 g/mol. The second kappa shape index (κ2) is 3.80. The zero-order valence-corrected chi connectivity index (χ0v) is 6.76. The predicted molar refractivity (Wildman–Crippen MR) is 35.3 cm³/mol. The minimum atomic E-state index is -1.41. The van der Waals surface area contributed by atoms with Crippen molar-refractivity contribution in [3.05, 3.63) is 0 Å². The summed E-state index contributed by atoms with van der Waals surface area (Å²) in [6.45, 7) is 3.76. The van der Waals surface area contributed by atoms with Gasteiger partial charge in [0.1, 0.15) is 5.41 Å². The Morgan fingerprint density at radius 3 is 2.38 bits per heavy atom. The lowest BCUT2D eigenvalue weighted by atomic mass is 10.6. The molecule has 0 aliphatic heterocycles. The predicted octanol–water partition coefficient (Wildman–Crippen LogP) is 0.505. The molecule has 0 aromatic heterocycles. The van der Waals surface area contributed by atoms with Crippen molar-refractivity contribution < 1.29 is 9.22 Å². The van der Waals surface area contributed by atoms with Crippen LogP contribution in [0.15, 0.2) is 0 Å². The van der Waals surface area contributed by atoms with E-state index in [0.717, 1.165) is 0 Å².